The number of anilines is 1. The first kappa shape index (κ1) is 28.2. The Bertz CT molecular complexity index is 1840. The molecule has 1 heterocycles. The van der Waals surface area contributed by atoms with E-state index in [0.717, 1.165) is 15.6 Å². The van der Waals surface area contributed by atoms with Crippen LogP contribution in [0, 0.1) is 17.8 Å². The lowest BCUT2D eigenvalue weighted by Crippen LogP contribution is -2.39. The average molecular weight is 651 g/mol. The summed E-state index contributed by atoms with van der Waals surface area (Å²) >= 11 is 3.40. The Labute approximate surface area is 262 Å². The molecule has 44 heavy (non-hydrogen) atoms. The summed E-state index contributed by atoms with van der Waals surface area (Å²) in [7, 11) is 0. The highest BCUT2D eigenvalue weighted by atomic mass is 79.9. The average Bonchev–Trinajstić information content (AvgIpc) is 3.28. The van der Waals surface area contributed by atoms with E-state index < -0.39 is 23.7 Å². The maximum atomic E-state index is 14.0. The molecule has 3 aromatic rings. The molecule has 0 saturated carbocycles. The van der Waals surface area contributed by atoms with Crippen LogP contribution in [0.5, 0.6) is 11.5 Å². The van der Waals surface area contributed by atoms with Crippen molar-refractivity contribution >= 4 is 45.0 Å². The van der Waals surface area contributed by atoms with Crippen molar-refractivity contribution in [3.05, 3.63) is 123 Å². The molecule has 3 aliphatic carbocycles. The Morgan fingerprint density at radius 1 is 0.932 bits per heavy atom. The van der Waals surface area contributed by atoms with Crippen LogP contribution >= 0.6 is 15.9 Å². The second-order valence-corrected chi connectivity index (χ2v) is 12.6. The molecule has 0 radical (unpaired) electrons. The molecule has 1 aliphatic heterocycles. The van der Waals surface area contributed by atoms with Crippen molar-refractivity contribution in [1.82, 2.24) is 0 Å². The molecule has 4 aliphatic rings. The van der Waals surface area contributed by atoms with Crippen molar-refractivity contribution in [2.45, 2.75) is 32.3 Å². The molecule has 0 bridgehead atoms. The van der Waals surface area contributed by atoms with E-state index in [1.54, 1.807) is 43.3 Å². The summed E-state index contributed by atoms with van der Waals surface area (Å²) in [6, 6.07) is 21.7. The maximum Gasteiger partial charge on any atom is 0.238 e. The van der Waals surface area contributed by atoms with Gasteiger partial charge in [-0.2, -0.15) is 0 Å². The normalized spacial score (nSPS) is 24.5. The number of hydrogen-bond acceptors (Lipinski definition) is 6. The number of ketones is 2. The van der Waals surface area contributed by atoms with Gasteiger partial charge in [0.05, 0.1) is 17.5 Å². The molecule has 0 spiro atoms. The number of hydrogen-bond donors (Lipinski definition) is 1. The van der Waals surface area contributed by atoms with Gasteiger partial charge in [-0.25, -0.2) is 0 Å². The monoisotopic (exact) mass is 649 g/mol. The number of Topliss-reactive ketones (excluding diaryl/α,β-unsaturated/α-hetero) is 1. The number of phenols is 1. The summed E-state index contributed by atoms with van der Waals surface area (Å²) in [6.45, 7) is 1.94. The molecule has 0 aromatic heterocycles. The largest absolute Gasteiger partial charge is 0.507 e. The Morgan fingerprint density at radius 2 is 1.68 bits per heavy atom. The van der Waals surface area contributed by atoms with Crippen LogP contribution < -0.4 is 9.64 Å². The van der Waals surface area contributed by atoms with Gasteiger partial charge in [0.25, 0.3) is 0 Å². The van der Waals surface area contributed by atoms with Gasteiger partial charge >= 0.3 is 0 Å². The molecular formula is C36H28BrNO6. The topological polar surface area (TPSA) is 101 Å². The summed E-state index contributed by atoms with van der Waals surface area (Å²) in [4.78, 5) is 56.0. The molecule has 8 heteroatoms. The zero-order valence-electron chi connectivity index (χ0n) is 23.8. The van der Waals surface area contributed by atoms with Crippen LogP contribution in [0.25, 0.3) is 0 Å². The molecule has 2 amide bonds. The molecule has 1 fully saturated rings. The molecule has 1 saturated heterocycles. The Hall–Kier alpha value is -4.56. The lowest BCUT2D eigenvalue weighted by atomic mass is 9.59. The van der Waals surface area contributed by atoms with Gasteiger partial charge < -0.3 is 9.84 Å². The van der Waals surface area contributed by atoms with E-state index in [0.29, 0.717) is 46.7 Å². The summed E-state index contributed by atoms with van der Waals surface area (Å²) in [5.41, 5.74) is 3.74. The van der Waals surface area contributed by atoms with Gasteiger partial charge in [0.1, 0.15) is 18.1 Å². The maximum absolute atomic E-state index is 14.0. The highest BCUT2D eigenvalue weighted by Gasteiger charge is 2.56. The zero-order valence-corrected chi connectivity index (χ0v) is 25.4. The van der Waals surface area contributed by atoms with E-state index in [-0.39, 0.29) is 35.6 Å². The van der Waals surface area contributed by atoms with Crippen molar-refractivity contribution in [2.24, 2.45) is 17.8 Å². The first-order valence-corrected chi connectivity index (χ1v) is 15.4. The fourth-order valence-corrected chi connectivity index (χ4v) is 7.42. The number of carbonyl (C=O) groups excluding carboxylic acids is 4. The number of halogens is 1. The highest BCUT2D eigenvalue weighted by molar-refractivity contribution is 9.10. The molecule has 220 valence electrons. The fourth-order valence-electron chi connectivity index (χ4n) is 7.16. The second-order valence-electron chi connectivity index (χ2n) is 11.7. The second kappa shape index (κ2) is 10.9. The third kappa shape index (κ3) is 4.56. The zero-order chi connectivity index (χ0) is 30.7. The number of phenolic OH excluding ortho intramolecular Hbond substituents is 1. The SMILES string of the molecule is CC1=CC(=O)C2=C(C1=O)C(c1ccc(OCc3ccccc3)cc1O)C1=CCC3C(=O)N(c4ccc(Br)cc4)C(=O)C3C1C2. The number of aromatic hydroxyl groups is 1. The molecule has 4 unspecified atom stereocenters. The summed E-state index contributed by atoms with van der Waals surface area (Å²) in [5.74, 6) is -3.19. The van der Waals surface area contributed by atoms with Crippen molar-refractivity contribution in [3.63, 3.8) is 0 Å². The number of amides is 2. The predicted octanol–water partition coefficient (Wildman–Crippen LogP) is 6.37. The summed E-state index contributed by atoms with van der Waals surface area (Å²) in [5, 5.41) is 11.4. The van der Waals surface area contributed by atoms with E-state index in [1.165, 1.54) is 17.0 Å². The molecule has 7 nitrogen and oxygen atoms in total. The Balaban J connectivity index is 1.28. The predicted molar refractivity (Wildman–Crippen MR) is 167 cm³/mol. The number of fused-ring (bicyclic) bond motifs is 3. The number of carbonyl (C=O) groups is 4. The van der Waals surface area contributed by atoms with Gasteiger partial charge in [-0.1, -0.05) is 64.0 Å². The van der Waals surface area contributed by atoms with Crippen molar-refractivity contribution in [3.8, 4) is 11.5 Å². The number of rotatable bonds is 5. The highest BCUT2D eigenvalue weighted by Crippen LogP contribution is 2.56. The number of allylic oxidation sites excluding steroid dienone is 6. The first-order chi connectivity index (χ1) is 21.2. The van der Waals surface area contributed by atoms with Crippen molar-refractivity contribution in [2.75, 3.05) is 4.90 Å². The van der Waals surface area contributed by atoms with Gasteiger partial charge in [0.2, 0.25) is 11.8 Å². The van der Waals surface area contributed by atoms with Gasteiger partial charge in [0.15, 0.2) is 11.6 Å². The Morgan fingerprint density at radius 3 is 2.41 bits per heavy atom. The minimum atomic E-state index is -0.738. The van der Waals surface area contributed by atoms with Crippen LogP contribution in [-0.4, -0.2) is 28.5 Å². The minimum Gasteiger partial charge on any atom is -0.507 e. The summed E-state index contributed by atoms with van der Waals surface area (Å²) < 4.78 is 6.75. The van der Waals surface area contributed by atoms with E-state index in [4.69, 9.17) is 4.74 Å². The van der Waals surface area contributed by atoms with Crippen LogP contribution in [0.4, 0.5) is 5.69 Å². The van der Waals surface area contributed by atoms with E-state index >= 15 is 0 Å². The van der Waals surface area contributed by atoms with Gasteiger partial charge in [-0.3, -0.25) is 24.1 Å². The quantitative estimate of drug-likeness (QED) is 0.196. The third-order valence-electron chi connectivity index (χ3n) is 9.21. The van der Waals surface area contributed by atoms with Crippen LogP contribution in [0.15, 0.2) is 112 Å². The summed E-state index contributed by atoms with van der Waals surface area (Å²) in [6.07, 6.45) is 3.80. The van der Waals surface area contributed by atoms with Gasteiger partial charge in [0, 0.05) is 38.7 Å². The standard InChI is InChI=1S/C36H28BrNO6/c1-19-15-29(39)28-17-27-24(13-14-26-32(27)36(43)38(35(26)42)22-9-7-21(37)8-10-22)31(33(28)34(19)41)25-12-11-23(16-30(25)40)44-18-20-5-3-2-4-6-20/h2-13,15-16,26-27,31-32,40H,14,17-18H2,1H3. The molecule has 1 N–H and O–H groups in total. The number of benzene rings is 3. The fraction of sp³-hybridized carbons (Fsp3) is 0.222. The minimum absolute atomic E-state index is 0.0751. The lowest BCUT2D eigenvalue weighted by Gasteiger charge is -2.42. The van der Waals surface area contributed by atoms with Crippen LogP contribution in [0.2, 0.25) is 0 Å². The van der Waals surface area contributed by atoms with E-state index in [2.05, 4.69) is 15.9 Å². The van der Waals surface area contributed by atoms with Crippen molar-refractivity contribution in [1.29, 1.82) is 0 Å². The molecule has 4 atom stereocenters. The van der Waals surface area contributed by atoms with Crippen LogP contribution in [0.1, 0.15) is 36.8 Å². The molecule has 7 rings (SSSR count). The van der Waals surface area contributed by atoms with Crippen LogP contribution in [-0.2, 0) is 25.8 Å². The van der Waals surface area contributed by atoms with Gasteiger partial charge in [-0.05, 0) is 67.7 Å². The number of ether oxygens (including phenoxy) is 1. The molecule has 3 aromatic carbocycles. The lowest BCUT2D eigenvalue weighted by molar-refractivity contribution is -0.123. The van der Waals surface area contributed by atoms with Crippen LogP contribution in [0.3, 0.4) is 0 Å². The van der Waals surface area contributed by atoms with Crippen molar-refractivity contribution < 1.29 is 29.0 Å². The van der Waals surface area contributed by atoms with E-state index in [9.17, 15) is 24.3 Å². The number of imide groups is 1. The molecular weight excluding hydrogens is 622 g/mol. The Kier molecular flexibility index (Phi) is 6.97. The first-order valence-electron chi connectivity index (χ1n) is 14.6. The van der Waals surface area contributed by atoms with E-state index in [1.807, 2.05) is 36.4 Å². The third-order valence-corrected chi connectivity index (χ3v) is 9.74. The smallest absolute Gasteiger partial charge is 0.238 e. The number of nitrogens with zero attached hydrogens (tertiary/aromatic N) is 1. The van der Waals surface area contributed by atoms with Gasteiger partial charge in [-0.15, -0.1) is 0 Å².